The number of piperazine rings is 1. The molecule has 30 heavy (non-hydrogen) atoms. The van der Waals surface area contributed by atoms with Gasteiger partial charge in [-0.1, -0.05) is 49.1 Å². The first-order valence-corrected chi connectivity index (χ1v) is 10.8. The van der Waals surface area contributed by atoms with Crippen LogP contribution in [0, 0.1) is 0 Å². The Bertz CT molecular complexity index is 1080. The normalized spacial score (nSPS) is 16.2. The lowest BCUT2D eigenvalue weighted by Gasteiger charge is -2.27. The molecule has 1 aliphatic heterocycles. The van der Waals surface area contributed by atoms with Gasteiger partial charge >= 0.3 is 0 Å². The van der Waals surface area contributed by atoms with Crippen LogP contribution in [0.2, 0.25) is 0 Å². The first-order chi connectivity index (χ1) is 14.6. The van der Waals surface area contributed by atoms with Crippen LogP contribution in [0.15, 0.2) is 79.0 Å². The first-order valence-electron chi connectivity index (χ1n) is 10.8. The highest BCUT2D eigenvalue weighted by atomic mass is 15.2. The van der Waals surface area contributed by atoms with Gasteiger partial charge in [0.05, 0.1) is 0 Å². The Morgan fingerprint density at radius 2 is 1.77 bits per heavy atom. The molecule has 0 spiro atoms. The zero-order valence-corrected chi connectivity index (χ0v) is 18.0. The molecule has 0 amide bonds. The molecule has 2 heterocycles. The van der Waals surface area contributed by atoms with Crippen LogP contribution in [-0.4, -0.2) is 36.1 Å². The van der Waals surface area contributed by atoms with Crippen LogP contribution in [0.4, 0.5) is 0 Å². The largest absolute Gasteiger partial charge is 0.361 e. The molecule has 1 fully saturated rings. The van der Waals surface area contributed by atoms with Gasteiger partial charge in [-0.15, -0.1) is 0 Å². The summed E-state index contributed by atoms with van der Waals surface area (Å²) in [5.74, 6) is 0. The summed E-state index contributed by atoms with van der Waals surface area (Å²) in [5, 5.41) is 4.64. The van der Waals surface area contributed by atoms with Crippen LogP contribution in [0.1, 0.15) is 30.5 Å². The second-order valence-electron chi connectivity index (χ2n) is 8.06. The lowest BCUT2D eigenvalue weighted by atomic mass is 9.94. The van der Waals surface area contributed by atoms with E-state index in [0.29, 0.717) is 0 Å². The number of H-pyrrole nitrogens is 1. The van der Waals surface area contributed by atoms with Crippen molar-refractivity contribution in [2.75, 3.05) is 26.2 Å². The Morgan fingerprint density at radius 3 is 2.50 bits per heavy atom. The van der Waals surface area contributed by atoms with Crippen molar-refractivity contribution >= 4 is 22.0 Å². The van der Waals surface area contributed by atoms with E-state index in [1.807, 2.05) is 6.20 Å². The van der Waals surface area contributed by atoms with Gasteiger partial charge in [0, 0.05) is 44.4 Å². The van der Waals surface area contributed by atoms with E-state index in [1.54, 1.807) is 0 Å². The van der Waals surface area contributed by atoms with Crippen molar-refractivity contribution in [2.45, 2.75) is 20.4 Å². The van der Waals surface area contributed by atoms with Crippen LogP contribution in [0.25, 0.3) is 22.0 Å². The van der Waals surface area contributed by atoms with Crippen molar-refractivity contribution in [3.63, 3.8) is 0 Å². The lowest BCUT2D eigenvalue weighted by molar-refractivity contribution is 0.233. The van der Waals surface area contributed by atoms with Gasteiger partial charge in [0.1, 0.15) is 0 Å². The van der Waals surface area contributed by atoms with Crippen LogP contribution in [0.5, 0.6) is 0 Å². The number of aromatic amines is 1. The highest BCUT2D eigenvalue weighted by Gasteiger charge is 2.10. The molecule has 3 nitrogen and oxygen atoms in total. The first kappa shape index (κ1) is 20.4. The molecule has 3 heteroatoms. The van der Waals surface area contributed by atoms with Crippen LogP contribution in [-0.2, 0) is 6.54 Å². The lowest BCUT2D eigenvalue weighted by Crippen LogP contribution is -2.42. The maximum absolute atomic E-state index is 4.34. The third-order valence-electron chi connectivity index (χ3n) is 5.91. The number of allylic oxidation sites excluding steroid dienone is 5. The molecular weight excluding hydrogens is 366 g/mol. The summed E-state index contributed by atoms with van der Waals surface area (Å²) in [4.78, 5) is 5.77. The Kier molecular flexibility index (Phi) is 6.32. The van der Waals surface area contributed by atoms with Crippen molar-refractivity contribution in [3.8, 4) is 0 Å². The van der Waals surface area contributed by atoms with Gasteiger partial charge < -0.3 is 10.3 Å². The zero-order valence-electron chi connectivity index (χ0n) is 18.0. The predicted molar refractivity (Wildman–Crippen MR) is 129 cm³/mol. The molecule has 154 valence electrons. The molecule has 0 aliphatic carbocycles. The zero-order chi connectivity index (χ0) is 20.9. The molecular formula is C27H31N3. The predicted octanol–water partition coefficient (Wildman–Crippen LogP) is 5.64. The molecule has 0 radical (unpaired) electrons. The fraction of sp³-hybridized carbons (Fsp3) is 0.259. The number of rotatable bonds is 6. The minimum absolute atomic E-state index is 1.02. The average Bonchev–Trinajstić information content (AvgIpc) is 3.23. The van der Waals surface area contributed by atoms with Gasteiger partial charge in [-0.25, -0.2) is 0 Å². The van der Waals surface area contributed by atoms with Gasteiger partial charge in [-0.2, -0.15) is 0 Å². The third kappa shape index (κ3) is 4.64. The van der Waals surface area contributed by atoms with Crippen LogP contribution >= 0.6 is 0 Å². The van der Waals surface area contributed by atoms with Crippen molar-refractivity contribution in [2.24, 2.45) is 0 Å². The number of hydrogen-bond acceptors (Lipinski definition) is 2. The van der Waals surface area contributed by atoms with Crippen molar-refractivity contribution in [1.29, 1.82) is 0 Å². The summed E-state index contributed by atoms with van der Waals surface area (Å²) in [5.41, 5.74) is 8.46. The smallest absolute Gasteiger partial charge is 0.0454 e. The second-order valence-corrected chi connectivity index (χ2v) is 8.06. The number of nitrogens with one attached hydrogen (secondary N) is 2. The maximum atomic E-state index is 4.34. The van der Waals surface area contributed by atoms with E-state index in [-0.39, 0.29) is 0 Å². The summed E-state index contributed by atoms with van der Waals surface area (Å²) >= 11 is 0. The molecule has 4 rings (SSSR count). The van der Waals surface area contributed by atoms with Crippen molar-refractivity contribution in [3.05, 3.63) is 95.7 Å². The standard InChI is InChI=1S/C27H31N3/c1-4-26(24-9-10-27-25(18-24)11-12-29-27)21(3)17-20(2)23-7-5-22(6-8-23)19-30-15-13-28-14-16-30/h4-12,17-18,28-29H,2,13-16,19H2,1,3H3/b21-17+,26-4+. The van der Waals surface area contributed by atoms with E-state index in [4.69, 9.17) is 0 Å². The number of nitrogens with zero attached hydrogens (tertiary/aromatic N) is 1. The number of hydrogen-bond donors (Lipinski definition) is 2. The second kappa shape index (κ2) is 9.29. The Morgan fingerprint density at radius 1 is 1.03 bits per heavy atom. The molecule has 0 atom stereocenters. The van der Waals surface area contributed by atoms with Gasteiger partial charge in [0.25, 0.3) is 0 Å². The van der Waals surface area contributed by atoms with Gasteiger partial charge in [0.15, 0.2) is 0 Å². The Hall–Kier alpha value is -2.88. The molecule has 0 bridgehead atoms. The number of benzene rings is 2. The summed E-state index contributed by atoms with van der Waals surface area (Å²) < 4.78 is 0. The molecule has 1 aromatic heterocycles. The minimum Gasteiger partial charge on any atom is -0.361 e. The summed E-state index contributed by atoms with van der Waals surface area (Å²) in [6.45, 7) is 14.0. The fourth-order valence-electron chi connectivity index (χ4n) is 4.22. The number of fused-ring (bicyclic) bond motifs is 1. The van der Waals surface area contributed by atoms with E-state index in [0.717, 1.165) is 38.3 Å². The number of aromatic nitrogens is 1. The van der Waals surface area contributed by atoms with Crippen LogP contribution in [0.3, 0.4) is 0 Å². The maximum Gasteiger partial charge on any atom is 0.0454 e. The average molecular weight is 398 g/mol. The van der Waals surface area contributed by atoms with Crippen molar-refractivity contribution < 1.29 is 0 Å². The molecule has 2 aromatic carbocycles. The topological polar surface area (TPSA) is 31.1 Å². The van der Waals surface area contributed by atoms with Gasteiger partial charge in [-0.3, -0.25) is 4.90 Å². The van der Waals surface area contributed by atoms with Crippen LogP contribution < -0.4 is 5.32 Å². The molecule has 2 N–H and O–H groups in total. The Labute approximate surface area is 179 Å². The van der Waals surface area contributed by atoms with Gasteiger partial charge in [-0.05, 0) is 70.8 Å². The highest BCUT2D eigenvalue weighted by Crippen LogP contribution is 2.28. The molecule has 1 aliphatic rings. The highest BCUT2D eigenvalue weighted by molar-refractivity contribution is 5.89. The Balaban J connectivity index is 1.47. The summed E-state index contributed by atoms with van der Waals surface area (Å²) in [6, 6.07) is 17.6. The quantitative estimate of drug-likeness (QED) is 0.528. The third-order valence-corrected chi connectivity index (χ3v) is 5.91. The molecule has 0 saturated carbocycles. The van der Waals surface area contributed by atoms with E-state index < -0.39 is 0 Å². The van der Waals surface area contributed by atoms with E-state index in [9.17, 15) is 0 Å². The fourth-order valence-corrected chi connectivity index (χ4v) is 4.22. The van der Waals surface area contributed by atoms with Gasteiger partial charge in [0.2, 0.25) is 0 Å². The molecule has 0 unspecified atom stereocenters. The molecule has 1 saturated heterocycles. The SMILES string of the molecule is C=C(/C=C(C)/C(=C\C)c1ccc2[nH]ccc2c1)c1ccc(CN2CCNCC2)cc1. The van der Waals surface area contributed by atoms with E-state index >= 15 is 0 Å². The minimum atomic E-state index is 1.02. The van der Waals surface area contributed by atoms with E-state index in [2.05, 4.69) is 96.3 Å². The monoisotopic (exact) mass is 397 g/mol. The summed E-state index contributed by atoms with van der Waals surface area (Å²) in [6.07, 6.45) is 6.37. The van der Waals surface area contributed by atoms with E-state index in [1.165, 1.54) is 38.7 Å². The van der Waals surface area contributed by atoms with Crippen molar-refractivity contribution in [1.82, 2.24) is 15.2 Å². The molecule has 3 aromatic rings. The summed E-state index contributed by atoms with van der Waals surface area (Å²) in [7, 11) is 0.